The molecule has 0 aromatic heterocycles. The highest BCUT2D eigenvalue weighted by molar-refractivity contribution is 5.91. The average molecular weight is 295 g/mol. The molecule has 4 heteroatoms. The molecule has 110 valence electrons. The predicted octanol–water partition coefficient (Wildman–Crippen LogP) is 3.99. The fourth-order valence-electron chi connectivity index (χ4n) is 3.24. The first-order valence-corrected chi connectivity index (χ1v) is 7.48. The van der Waals surface area contributed by atoms with E-state index in [0.29, 0.717) is 12.3 Å². The number of amides is 1. The van der Waals surface area contributed by atoms with Gasteiger partial charge in [-0.25, -0.2) is 0 Å². The summed E-state index contributed by atoms with van der Waals surface area (Å²) < 4.78 is 0. The summed E-state index contributed by atoms with van der Waals surface area (Å²) in [6.45, 7) is 1.06. The van der Waals surface area contributed by atoms with Gasteiger partial charge in [0.25, 0.3) is 0 Å². The van der Waals surface area contributed by atoms with Crippen LogP contribution in [-0.2, 0) is 11.2 Å². The van der Waals surface area contributed by atoms with Crippen molar-refractivity contribution in [1.82, 2.24) is 0 Å². The molecule has 1 aromatic rings. The van der Waals surface area contributed by atoms with E-state index in [0.717, 1.165) is 18.7 Å². The van der Waals surface area contributed by atoms with E-state index in [-0.39, 0.29) is 18.3 Å². The number of nitrogens with one attached hydrogen (secondary N) is 2. The van der Waals surface area contributed by atoms with E-state index in [4.69, 9.17) is 0 Å². The second-order valence-corrected chi connectivity index (χ2v) is 5.81. The summed E-state index contributed by atoms with van der Waals surface area (Å²) in [7, 11) is 0. The van der Waals surface area contributed by atoms with E-state index in [1.165, 1.54) is 43.4 Å². The van der Waals surface area contributed by atoms with E-state index in [2.05, 4.69) is 22.8 Å². The van der Waals surface area contributed by atoms with Crippen LogP contribution in [0.5, 0.6) is 0 Å². The molecule has 0 radical (unpaired) electrons. The number of hydrogen-bond acceptors (Lipinski definition) is 2. The largest absolute Gasteiger partial charge is 0.385 e. The van der Waals surface area contributed by atoms with Gasteiger partial charge in [0.2, 0.25) is 5.91 Å². The number of hydrogen-bond donors (Lipinski definition) is 2. The van der Waals surface area contributed by atoms with Crippen molar-refractivity contribution in [3.8, 4) is 0 Å². The number of benzene rings is 1. The normalized spacial score (nSPS) is 17.8. The maximum absolute atomic E-state index is 12.0. The van der Waals surface area contributed by atoms with Crippen LogP contribution in [0.25, 0.3) is 0 Å². The molecule has 1 aliphatic heterocycles. The predicted molar refractivity (Wildman–Crippen MR) is 85.7 cm³/mol. The summed E-state index contributed by atoms with van der Waals surface area (Å²) in [5.74, 6) is 0.787. The van der Waals surface area contributed by atoms with Gasteiger partial charge in [0.05, 0.1) is 0 Å². The second-order valence-electron chi connectivity index (χ2n) is 5.81. The van der Waals surface area contributed by atoms with E-state index >= 15 is 0 Å². The van der Waals surface area contributed by atoms with Crippen LogP contribution in [-0.4, -0.2) is 12.5 Å². The average Bonchev–Trinajstić information content (AvgIpc) is 2.91. The number of fused-ring (bicyclic) bond motifs is 1. The Morgan fingerprint density at radius 3 is 2.85 bits per heavy atom. The van der Waals surface area contributed by atoms with Gasteiger partial charge in [-0.1, -0.05) is 12.8 Å². The maximum Gasteiger partial charge on any atom is 0.224 e. The lowest BCUT2D eigenvalue weighted by Crippen LogP contribution is -2.16. The molecule has 1 fully saturated rings. The summed E-state index contributed by atoms with van der Waals surface area (Å²) in [5.41, 5.74) is 3.50. The smallest absolute Gasteiger partial charge is 0.224 e. The van der Waals surface area contributed by atoms with E-state index < -0.39 is 0 Å². The summed E-state index contributed by atoms with van der Waals surface area (Å²) >= 11 is 0. The molecule has 3 nitrogen and oxygen atoms in total. The summed E-state index contributed by atoms with van der Waals surface area (Å²) in [4.78, 5) is 12.0. The molecule has 1 aromatic carbocycles. The highest BCUT2D eigenvalue weighted by Gasteiger charge is 2.18. The number of aryl methyl sites for hydroxylation is 1. The Morgan fingerprint density at radius 1 is 1.25 bits per heavy atom. The van der Waals surface area contributed by atoms with Gasteiger partial charge in [-0.15, -0.1) is 12.4 Å². The molecule has 0 unspecified atom stereocenters. The Balaban J connectivity index is 0.00000147. The minimum Gasteiger partial charge on any atom is -0.385 e. The van der Waals surface area contributed by atoms with Crippen molar-refractivity contribution in [3.63, 3.8) is 0 Å². The first-order chi connectivity index (χ1) is 9.31. The van der Waals surface area contributed by atoms with Gasteiger partial charge in [-0.3, -0.25) is 4.79 Å². The number of carbonyl (C=O) groups excluding carboxylic acids is 1. The number of halogens is 1. The van der Waals surface area contributed by atoms with Gasteiger partial charge in [-0.05, 0) is 55.4 Å². The third kappa shape index (κ3) is 3.66. The summed E-state index contributed by atoms with van der Waals surface area (Å²) in [6.07, 6.45) is 8.00. The highest BCUT2D eigenvalue weighted by Crippen LogP contribution is 2.28. The van der Waals surface area contributed by atoms with Crippen molar-refractivity contribution in [2.24, 2.45) is 5.92 Å². The van der Waals surface area contributed by atoms with E-state index in [1.807, 2.05) is 6.07 Å². The number of anilines is 2. The van der Waals surface area contributed by atoms with E-state index in [1.54, 1.807) is 0 Å². The Bertz CT molecular complexity index is 470. The first-order valence-electron chi connectivity index (χ1n) is 7.48. The molecule has 0 saturated heterocycles. The zero-order valence-corrected chi connectivity index (χ0v) is 12.6. The Morgan fingerprint density at radius 2 is 2.05 bits per heavy atom. The Labute approximate surface area is 126 Å². The van der Waals surface area contributed by atoms with Gasteiger partial charge in [-0.2, -0.15) is 0 Å². The quantitative estimate of drug-likeness (QED) is 0.885. The molecular weight excluding hydrogens is 272 g/mol. The van der Waals surface area contributed by atoms with Crippen LogP contribution in [0.1, 0.15) is 44.1 Å². The molecule has 0 spiro atoms. The van der Waals surface area contributed by atoms with Crippen molar-refractivity contribution in [1.29, 1.82) is 0 Å². The molecule has 1 amide bonds. The van der Waals surface area contributed by atoms with Gasteiger partial charge in [0.1, 0.15) is 0 Å². The summed E-state index contributed by atoms with van der Waals surface area (Å²) in [5, 5.41) is 6.44. The van der Waals surface area contributed by atoms with Crippen molar-refractivity contribution in [2.45, 2.75) is 44.9 Å². The second kappa shape index (κ2) is 6.98. The maximum atomic E-state index is 12.0. The first kappa shape index (κ1) is 15.2. The molecule has 1 aliphatic carbocycles. The summed E-state index contributed by atoms with van der Waals surface area (Å²) in [6, 6.07) is 6.21. The van der Waals surface area contributed by atoms with Crippen LogP contribution in [0.3, 0.4) is 0 Å². The lowest BCUT2D eigenvalue weighted by atomic mass is 10.0. The Kier molecular flexibility index (Phi) is 5.30. The van der Waals surface area contributed by atoms with E-state index in [9.17, 15) is 4.79 Å². The zero-order chi connectivity index (χ0) is 13.1. The lowest BCUT2D eigenvalue weighted by Gasteiger charge is -2.19. The Hall–Kier alpha value is -1.22. The fraction of sp³-hybridized carbons (Fsp3) is 0.562. The topological polar surface area (TPSA) is 41.1 Å². The van der Waals surface area contributed by atoms with Gasteiger partial charge < -0.3 is 10.6 Å². The van der Waals surface area contributed by atoms with Crippen LogP contribution in [0.2, 0.25) is 0 Å². The van der Waals surface area contributed by atoms with Crippen molar-refractivity contribution in [2.75, 3.05) is 17.2 Å². The van der Waals surface area contributed by atoms with Crippen molar-refractivity contribution in [3.05, 3.63) is 23.8 Å². The van der Waals surface area contributed by atoms with Gasteiger partial charge in [0, 0.05) is 24.3 Å². The SMILES string of the molecule is Cl.O=C(CC1CCCC1)Nc1ccc2c(c1)CCCN2. The minimum atomic E-state index is 0. The van der Waals surface area contributed by atoms with Crippen LogP contribution in [0, 0.1) is 5.92 Å². The molecule has 1 saturated carbocycles. The molecule has 20 heavy (non-hydrogen) atoms. The lowest BCUT2D eigenvalue weighted by molar-refractivity contribution is -0.117. The molecule has 2 N–H and O–H groups in total. The molecule has 0 bridgehead atoms. The molecule has 0 atom stereocenters. The fourth-order valence-corrected chi connectivity index (χ4v) is 3.24. The van der Waals surface area contributed by atoms with Crippen molar-refractivity contribution >= 4 is 29.7 Å². The standard InChI is InChI=1S/C16H22N2O.ClH/c19-16(10-12-4-1-2-5-12)18-14-7-8-15-13(11-14)6-3-9-17-15;/h7-8,11-12,17H,1-6,9-10H2,(H,18,19);1H. The minimum absolute atomic E-state index is 0. The third-order valence-electron chi connectivity index (χ3n) is 4.28. The number of rotatable bonds is 3. The third-order valence-corrected chi connectivity index (χ3v) is 4.28. The van der Waals surface area contributed by atoms with Crippen LogP contribution < -0.4 is 10.6 Å². The number of carbonyl (C=O) groups is 1. The van der Waals surface area contributed by atoms with Gasteiger partial charge >= 0.3 is 0 Å². The molecule has 1 heterocycles. The molecule has 3 rings (SSSR count). The zero-order valence-electron chi connectivity index (χ0n) is 11.8. The highest BCUT2D eigenvalue weighted by atomic mass is 35.5. The van der Waals surface area contributed by atoms with Gasteiger partial charge in [0.15, 0.2) is 0 Å². The molecular formula is C16H23ClN2O. The van der Waals surface area contributed by atoms with Crippen LogP contribution in [0.15, 0.2) is 18.2 Å². The van der Waals surface area contributed by atoms with Crippen molar-refractivity contribution < 1.29 is 4.79 Å². The van der Waals surface area contributed by atoms with Crippen LogP contribution >= 0.6 is 12.4 Å². The van der Waals surface area contributed by atoms with Crippen LogP contribution in [0.4, 0.5) is 11.4 Å². The molecule has 2 aliphatic rings. The monoisotopic (exact) mass is 294 g/mol.